The van der Waals surface area contributed by atoms with Gasteiger partial charge in [0.05, 0.1) is 0 Å². The second-order valence-electron chi connectivity index (χ2n) is 3.87. The van der Waals surface area contributed by atoms with E-state index in [1.807, 2.05) is 0 Å². The van der Waals surface area contributed by atoms with Crippen molar-refractivity contribution in [3.05, 3.63) is 35.4 Å². The summed E-state index contributed by atoms with van der Waals surface area (Å²) in [7, 11) is 0. The van der Waals surface area contributed by atoms with Crippen LogP contribution in [0.15, 0.2) is 24.3 Å². The van der Waals surface area contributed by atoms with Crippen molar-refractivity contribution in [2.45, 2.75) is 38.5 Å². The monoisotopic (exact) mass is 160 g/mol. The van der Waals surface area contributed by atoms with Crippen LogP contribution in [0, 0.1) is 0 Å². The van der Waals surface area contributed by atoms with Gasteiger partial charge in [-0.25, -0.2) is 0 Å². The molecule has 1 aromatic carbocycles. The lowest BCUT2D eigenvalue weighted by atomic mass is 9.99. The maximum Gasteiger partial charge on any atom is -0.0156 e. The fourth-order valence-electron chi connectivity index (χ4n) is 2.40. The number of hydrogen-bond acceptors (Lipinski definition) is 0. The normalized spacial score (nSPS) is 27.2. The topological polar surface area (TPSA) is 0 Å². The zero-order valence-corrected chi connectivity index (χ0v) is 7.88. The van der Waals surface area contributed by atoms with Gasteiger partial charge in [-0.1, -0.05) is 38.1 Å². The van der Waals surface area contributed by atoms with Gasteiger partial charge in [-0.05, 0) is 35.8 Å². The molecule has 0 saturated carbocycles. The Bertz CT molecular complexity index is 275. The first-order valence-electron chi connectivity index (χ1n) is 4.91. The van der Waals surface area contributed by atoms with E-state index in [2.05, 4.69) is 38.1 Å². The quantitative estimate of drug-likeness (QED) is 0.587. The third-order valence-corrected chi connectivity index (χ3v) is 3.10. The van der Waals surface area contributed by atoms with Crippen molar-refractivity contribution >= 4 is 0 Å². The van der Waals surface area contributed by atoms with Gasteiger partial charge in [0, 0.05) is 0 Å². The molecule has 0 fully saturated rings. The molecule has 1 aliphatic carbocycles. The fraction of sp³-hybridized carbons (Fsp3) is 0.500. The molecule has 0 radical (unpaired) electrons. The smallest absolute Gasteiger partial charge is 0.0156 e. The predicted octanol–water partition coefficient (Wildman–Crippen LogP) is 3.69. The lowest BCUT2D eigenvalue weighted by Crippen LogP contribution is -1.89. The molecule has 1 aliphatic rings. The molecule has 0 aromatic heterocycles. The van der Waals surface area contributed by atoms with Gasteiger partial charge in [-0.15, -0.1) is 0 Å². The second-order valence-corrected chi connectivity index (χ2v) is 3.87. The van der Waals surface area contributed by atoms with E-state index in [1.54, 1.807) is 11.1 Å². The largest absolute Gasteiger partial charge is 0.0648 e. The van der Waals surface area contributed by atoms with E-state index < -0.39 is 0 Å². The number of benzene rings is 1. The summed E-state index contributed by atoms with van der Waals surface area (Å²) in [5.74, 6) is 1.61. The highest BCUT2D eigenvalue weighted by Crippen LogP contribution is 2.42. The summed E-state index contributed by atoms with van der Waals surface area (Å²) in [6.07, 6.45) is 2.65. The SMILES string of the molecule is CCC1CC(C)c2ccccc21. The zero-order valence-electron chi connectivity index (χ0n) is 7.88. The van der Waals surface area contributed by atoms with Gasteiger partial charge in [0.15, 0.2) is 0 Å². The third kappa shape index (κ3) is 1.06. The molecule has 2 unspecified atom stereocenters. The van der Waals surface area contributed by atoms with E-state index in [-0.39, 0.29) is 0 Å². The van der Waals surface area contributed by atoms with Crippen LogP contribution in [0.5, 0.6) is 0 Å². The van der Waals surface area contributed by atoms with Gasteiger partial charge in [0.25, 0.3) is 0 Å². The minimum Gasteiger partial charge on any atom is -0.0648 e. The van der Waals surface area contributed by atoms with Crippen LogP contribution in [0.4, 0.5) is 0 Å². The number of fused-ring (bicyclic) bond motifs is 1. The molecule has 0 amide bonds. The van der Waals surface area contributed by atoms with Crippen LogP contribution in [0.3, 0.4) is 0 Å². The van der Waals surface area contributed by atoms with Gasteiger partial charge < -0.3 is 0 Å². The predicted molar refractivity (Wildman–Crippen MR) is 52.5 cm³/mol. The van der Waals surface area contributed by atoms with Crippen molar-refractivity contribution < 1.29 is 0 Å². The Labute approximate surface area is 74.6 Å². The van der Waals surface area contributed by atoms with E-state index in [1.165, 1.54) is 12.8 Å². The van der Waals surface area contributed by atoms with Crippen LogP contribution in [-0.4, -0.2) is 0 Å². The van der Waals surface area contributed by atoms with Crippen molar-refractivity contribution in [2.24, 2.45) is 0 Å². The van der Waals surface area contributed by atoms with E-state index >= 15 is 0 Å². The average molecular weight is 160 g/mol. The summed E-state index contributed by atoms with van der Waals surface area (Å²) in [6, 6.07) is 8.91. The highest BCUT2D eigenvalue weighted by atomic mass is 14.3. The summed E-state index contributed by atoms with van der Waals surface area (Å²) in [4.78, 5) is 0. The molecule has 12 heavy (non-hydrogen) atoms. The Morgan fingerprint density at radius 1 is 1.25 bits per heavy atom. The molecule has 0 aliphatic heterocycles. The number of rotatable bonds is 1. The minimum absolute atomic E-state index is 0.783. The summed E-state index contributed by atoms with van der Waals surface area (Å²) in [5.41, 5.74) is 3.19. The van der Waals surface area contributed by atoms with E-state index in [9.17, 15) is 0 Å². The molecular weight excluding hydrogens is 144 g/mol. The molecule has 2 rings (SSSR count). The highest BCUT2D eigenvalue weighted by Gasteiger charge is 2.25. The van der Waals surface area contributed by atoms with Gasteiger partial charge in [0.2, 0.25) is 0 Å². The molecular formula is C12H16. The molecule has 0 nitrogen and oxygen atoms in total. The molecule has 64 valence electrons. The molecule has 1 aromatic rings. The maximum atomic E-state index is 2.34. The van der Waals surface area contributed by atoms with Gasteiger partial charge in [0.1, 0.15) is 0 Å². The van der Waals surface area contributed by atoms with E-state index in [0.717, 1.165) is 11.8 Å². The third-order valence-electron chi connectivity index (χ3n) is 3.10. The average Bonchev–Trinajstić information content (AvgIpc) is 2.44. The summed E-state index contributed by atoms with van der Waals surface area (Å²) in [6.45, 7) is 4.63. The summed E-state index contributed by atoms with van der Waals surface area (Å²) in [5, 5.41) is 0. The number of hydrogen-bond donors (Lipinski definition) is 0. The Kier molecular flexibility index (Phi) is 1.92. The Morgan fingerprint density at radius 2 is 1.92 bits per heavy atom. The minimum atomic E-state index is 0.783. The Morgan fingerprint density at radius 3 is 2.58 bits per heavy atom. The first-order valence-corrected chi connectivity index (χ1v) is 4.91. The maximum absolute atomic E-state index is 2.34. The van der Waals surface area contributed by atoms with Crippen LogP contribution in [0.25, 0.3) is 0 Å². The highest BCUT2D eigenvalue weighted by molar-refractivity contribution is 5.37. The zero-order chi connectivity index (χ0) is 8.55. The van der Waals surface area contributed by atoms with Crippen LogP contribution < -0.4 is 0 Å². The lowest BCUT2D eigenvalue weighted by Gasteiger charge is -2.06. The fourth-order valence-corrected chi connectivity index (χ4v) is 2.40. The van der Waals surface area contributed by atoms with Crippen LogP contribution in [-0.2, 0) is 0 Å². The summed E-state index contributed by atoms with van der Waals surface area (Å²) < 4.78 is 0. The molecule has 0 N–H and O–H groups in total. The molecule has 0 heteroatoms. The first kappa shape index (κ1) is 7.85. The van der Waals surface area contributed by atoms with Crippen molar-refractivity contribution in [1.29, 1.82) is 0 Å². The lowest BCUT2D eigenvalue weighted by molar-refractivity contribution is 0.603. The van der Waals surface area contributed by atoms with Crippen molar-refractivity contribution in [2.75, 3.05) is 0 Å². The van der Waals surface area contributed by atoms with E-state index in [0.29, 0.717) is 0 Å². The van der Waals surface area contributed by atoms with Gasteiger partial charge in [-0.3, -0.25) is 0 Å². The molecule has 0 heterocycles. The standard InChI is InChI=1S/C12H16/c1-3-10-8-9(2)11-6-4-5-7-12(10)11/h4-7,9-10H,3,8H2,1-2H3. The Balaban J connectivity index is 2.43. The molecule has 0 spiro atoms. The molecule has 0 saturated heterocycles. The van der Waals surface area contributed by atoms with E-state index in [4.69, 9.17) is 0 Å². The summed E-state index contributed by atoms with van der Waals surface area (Å²) >= 11 is 0. The van der Waals surface area contributed by atoms with Crippen molar-refractivity contribution in [3.63, 3.8) is 0 Å². The molecule has 2 atom stereocenters. The van der Waals surface area contributed by atoms with Crippen LogP contribution >= 0.6 is 0 Å². The van der Waals surface area contributed by atoms with Crippen LogP contribution in [0.2, 0.25) is 0 Å². The van der Waals surface area contributed by atoms with Crippen molar-refractivity contribution in [1.82, 2.24) is 0 Å². The first-order chi connectivity index (χ1) is 5.83. The molecule has 0 bridgehead atoms. The van der Waals surface area contributed by atoms with Crippen molar-refractivity contribution in [3.8, 4) is 0 Å². The second kappa shape index (κ2) is 2.93. The Hall–Kier alpha value is -0.780. The van der Waals surface area contributed by atoms with Gasteiger partial charge >= 0.3 is 0 Å². The van der Waals surface area contributed by atoms with Crippen LogP contribution in [0.1, 0.15) is 49.7 Å². The van der Waals surface area contributed by atoms with Gasteiger partial charge in [-0.2, -0.15) is 0 Å².